The van der Waals surface area contributed by atoms with E-state index in [4.69, 9.17) is 5.73 Å². The van der Waals surface area contributed by atoms with E-state index in [0.29, 0.717) is 24.2 Å². The lowest BCUT2D eigenvalue weighted by molar-refractivity contribution is -0.136. The number of benzene rings is 1. The quantitative estimate of drug-likeness (QED) is 0.375. The van der Waals surface area contributed by atoms with Crippen LogP contribution in [0.5, 0.6) is 0 Å². The minimum atomic E-state index is -0.947. The van der Waals surface area contributed by atoms with Gasteiger partial charge in [-0.05, 0) is 44.6 Å². The smallest absolute Gasteiger partial charge is 0.262 e. The van der Waals surface area contributed by atoms with E-state index in [1.807, 2.05) is 13.1 Å². The van der Waals surface area contributed by atoms with Crippen LogP contribution in [-0.2, 0) is 16.1 Å². The van der Waals surface area contributed by atoms with Crippen LogP contribution < -0.4 is 16.4 Å². The van der Waals surface area contributed by atoms with Crippen molar-refractivity contribution in [3.63, 3.8) is 0 Å². The minimum absolute atomic E-state index is 0.107. The predicted octanol–water partition coefficient (Wildman–Crippen LogP) is -0.542. The third kappa shape index (κ3) is 4.52. The van der Waals surface area contributed by atoms with Crippen LogP contribution in [-0.4, -0.2) is 72.7 Å². The third-order valence-corrected chi connectivity index (χ3v) is 5.28. The first kappa shape index (κ1) is 21.1. The monoisotopic (exact) mass is 401 g/mol. The molecule has 2 aliphatic heterocycles. The standard InChI is InChI=1S/C20H27N5O4/c1-24(10-3-8-21)11-9-22-12-13-4-2-5-14-17(13)20(29)25(19(14)28)15-6-7-16(26)23-18(15)27/h2,4-5,15,22H,3,6-12,21H2,1H3,(H,23,26,27). The van der Waals surface area contributed by atoms with Gasteiger partial charge in [-0.15, -0.1) is 0 Å². The number of nitrogens with two attached hydrogens (primary N) is 1. The molecule has 0 bridgehead atoms. The molecule has 29 heavy (non-hydrogen) atoms. The Morgan fingerprint density at radius 3 is 2.72 bits per heavy atom. The summed E-state index contributed by atoms with van der Waals surface area (Å²) in [5.41, 5.74) is 6.88. The molecule has 1 atom stereocenters. The average molecular weight is 401 g/mol. The number of fused-ring (bicyclic) bond motifs is 1. The Morgan fingerprint density at radius 1 is 1.21 bits per heavy atom. The molecule has 1 aromatic carbocycles. The lowest BCUT2D eigenvalue weighted by Gasteiger charge is -2.27. The largest absolute Gasteiger partial charge is 0.330 e. The molecule has 0 aliphatic carbocycles. The third-order valence-electron chi connectivity index (χ3n) is 5.28. The number of carbonyl (C=O) groups excluding carboxylic acids is 4. The summed E-state index contributed by atoms with van der Waals surface area (Å²) in [5, 5.41) is 5.51. The Balaban J connectivity index is 1.67. The van der Waals surface area contributed by atoms with Gasteiger partial charge in [0.05, 0.1) is 11.1 Å². The maximum atomic E-state index is 13.0. The average Bonchev–Trinajstić information content (AvgIpc) is 2.95. The highest BCUT2D eigenvalue weighted by Gasteiger charge is 2.45. The van der Waals surface area contributed by atoms with Gasteiger partial charge in [-0.25, -0.2) is 0 Å². The Labute approximate surface area is 169 Å². The number of piperidine rings is 1. The van der Waals surface area contributed by atoms with Crippen molar-refractivity contribution in [2.75, 3.05) is 33.2 Å². The molecule has 2 aliphatic rings. The van der Waals surface area contributed by atoms with Crippen LogP contribution in [0.1, 0.15) is 45.5 Å². The topological polar surface area (TPSA) is 125 Å². The number of likely N-dealkylation sites (N-methyl/N-ethyl adjacent to an activating group) is 1. The van der Waals surface area contributed by atoms with Gasteiger partial charge < -0.3 is 16.0 Å². The molecule has 9 nitrogen and oxygen atoms in total. The van der Waals surface area contributed by atoms with E-state index in [-0.39, 0.29) is 18.7 Å². The summed E-state index contributed by atoms with van der Waals surface area (Å²) in [4.78, 5) is 52.5. The molecule has 0 aromatic heterocycles. The van der Waals surface area contributed by atoms with Crippen molar-refractivity contribution in [2.24, 2.45) is 5.73 Å². The molecule has 156 valence electrons. The fourth-order valence-electron chi connectivity index (χ4n) is 3.70. The molecular weight excluding hydrogens is 374 g/mol. The van der Waals surface area contributed by atoms with Crippen molar-refractivity contribution in [1.82, 2.24) is 20.4 Å². The number of amides is 4. The van der Waals surface area contributed by atoms with Crippen LogP contribution in [0.2, 0.25) is 0 Å². The summed E-state index contributed by atoms with van der Waals surface area (Å²) in [6, 6.07) is 4.20. The van der Waals surface area contributed by atoms with Gasteiger partial charge in [-0.1, -0.05) is 12.1 Å². The molecule has 1 aromatic rings. The van der Waals surface area contributed by atoms with Crippen LogP contribution in [0.25, 0.3) is 0 Å². The molecule has 0 radical (unpaired) electrons. The molecule has 4 amide bonds. The summed E-state index contributed by atoms with van der Waals surface area (Å²) >= 11 is 0. The van der Waals surface area contributed by atoms with Gasteiger partial charge in [0, 0.05) is 26.1 Å². The van der Waals surface area contributed by atoms with Crippen molar-refractivity contribution < 1.29 is 19.2 Å². The van der Waals surface area contributed by atoms with Crippen LogP contribution in [0, 0.1) is 0 Å². The van der Waals surface area contributed by atoms with Gasteiger partial charge in [0.25, 0.3) is 11.8 Å². The Bertz CT molecular complexity index is 825. The van der Waals surface area contributed by atoms with Gasteiger partial charge in [0.2, 0.25) is 11.8 Å². The molecule has 3 rings (SSSR count). The molecule has 1 unspecified atom stereocenters. The van der Waals surface area contributed by atoms with Gasteiger partial charge in [-0.2, -0.15) is 0 Å². The Kier molecular flexibility index (Phi) is 6.73. The lowest BCUT2D eigenvalue weighted by atomic mass is 10.0. The van der Waals surface area contributed by atoms with E-state index in [1.54, 1.807) is 12.1 Å². The zero-order chi connectivity index (χ0) is 21.0. The highest BCUT2D eigenvalue weighted by molar-refractivity contribution is 6.24. The normalized spacial score (nSPS) is 19.1. The highest BCUT2D eigenvalue weighted by Crippen LogP contribution is 2.29. The molecule has 9 heteroatoms. The minimum Gasteiger partial charge on any atom is -0.330 e. The number of carbonyl (C=O) groups is 4. The van der Waals surface area contributed by atoms with Crippen molar-refractivity contribution in [3.8, 4) is 0 Å². The van der Waals surface area contributed by atoms with Crippen LogP contribution in [0.15, 0.2) is 18.2 Å². The number of imide groups is 2. The second kappa shape index (κ2) is 9.25. The van der Waals surface area contributed by atoms with Crippen molar-refractivity contribution in [3.05, 3.63) is 34.9 Å². The summed E-state index contributed by atoms with van der Waals surface area (Å²) in [6.07, 6.45) is 1.20. The molecule has 1 saturated heterocycles. The van der Waals surface area contributed by atoms with Crippen molar-refractivity contribution in [1.29, 1.82) is 0 Å². The fourth-order valence-corrected chi connectivity index (χ4v) is 3.70. The van der Waals surface area contributed by atoms with Gasteiger partial charge in [0.15, 0.2) is 0 Å². The van der Waals surface area contributed by atoms with Gasteiger partial charge in [-0.3, -0.25) is 29.4 Å². The Hall–Kier alpha value is -2.62. The first-order valence-electron chi connectivity index (χ1n) is 9.86. The number of hydrogen-bond acceptors (Lipinski definition) is 7. The number of rotatable bonds is 9. The molecule has 1 fully saturated rings. The fraction of sp³-hybridized carbons (Fsp3) is 0.500. The molecule has 0 spiro atoms. The number of nitrogens with one attached hydrogen (secondary N) is 2. The second-order valence-electron chi connectivity index (χ2n) is 7.41. The molecular formula is C20H27N5O4. The van der Waals surface area contributed by atoms with E-state index in [0.717, 1.165) is 36.5 Å². The summed E-state index contributed by atoms with van der Waals surface area (Å²) in [5.74, 6) is -1.94. The maximum Gasteiger partial charge on any atom is 0.262 e. The Morgan fingerprint density at radius 2 is 2.00 bits per heavy atom. The van der Waals surface area contributed by atoms with Gasteiger partial charge >= 0.3 is 0 Å². The number of hydrogen-bond donors (Lipinski definition) is 3. The molecule has 2 heterocycles. The van der Waals surface area contributed by atoms with Gasteiger partial charge in [0.1, 0.15) is 6.04 Å². The number of nitrogens with zero attached hydrogens (tertiary/aromatic N) is 2. The van der Waals surface area contributed by atoms with E-state index in [1.165, 1.54) is 0 Å². The zero-order valence-corrected chi connectivity index (χ0v) is 16.6. The molecule has 4 N–H and O–H groups in total. The first-order valence-corrected chi connectivity index (χ1v) is 9.86. The SMILES string of the molecule is CN(CCCN)CCNCc1cccc2c1C(=O)N(C1CCC(=O)NC1=O)C2=O. The predicted molar refractivity (Wildman–Crippen MR) is 106 cm³/mol. The van der Waals surface area contributed by atoms with Crippen LogP contribution in [0.3, 0.4) is 0 Å². The first-order chi connectivity index (χ1) is 13.9. The second-order valence-corrected chi connectivity index (χ2v) is 7.41. The van der Waals surface area contributed by atoms with Crippen molar-refractivity contribution >= 4 is 23.6 Å². The molecule has 0 saturated carbocycles. The van der Waals surface area contributed by atoms with Crippen LogP contribution >= 0.6 is 0 Å². The van der Waals surface area contributed by atoms with E-state index in [2.05, 4.69) is 15.5 Å². The van der Waals surface area contributed by atoms with Crippen molar-refractivity contribution in [2.45, 2.75) is 31.8 Å². The van der Waals surface area contributed by atoms with E-state index in [9.17, 15) is 19.2 Å². The lowest BCUT2D eigenvalue weighted by Crippen LogP contribution is -2.54. The summed E-state index contributed by atoms with van der Waals surface area (Å²) in [7, 11) is 2.03. The maximum absolute atomic E-state index is 13.0. The van der Waals surface area contributed by atoms with E-state index >= 15 is 0 Å². The summed E-state index contributed by atoms with van der Waals surface area (Å²) < 4.78 is 0. The highest BCUT2D eigenvalue weighted by atomic mass is 16.2. The van der Waals surface area contributed by atoms with Crippen LogP contribution in [0.4, 0.5) is 0 Å². The zero-order valence-electron chi connectivity index (χ0n) is 16.6. The summed E-state index contributed by atoms with van der Waals surface area (Å²) in [6.45, 7) is 3.59. The van der Waals surface area contributed by atoms with E-state index < -0.39 is 23.8 Å².